The Bertz CT molecular complexity index is 976. The molecular weight excluding hydrogens is 416 g/mol. The number of rotatable bonds is 8. The Morgan fingerprint density at radius 2 is 1.66 bits per heavy atom. The van der Waals surface area contributed by atoms with E-state index in [-0.39, 0.29) is 28.6 Å². The number of esters is 1. The van der Waals surface area contributed by atoms with Gasteiger partial charge in [-0.3, -0.25) is 4.79 Å². The van der Waals surface area contributed by atoms with Crippen LogP contribution in [0.2, 0.25) is 5.02 Å². The van der Waals surface area contributed by atoms with Gasteiger partial charge >= 0.3 is 5.97 Å². The lowest BCUT2D eigenvalue weighted by atomic mass is 10.2. The number of hydrogen-bond donors (Lipinski definition) is 0. The zero-order valence-corrected chi connectivity index (χ0v) is 18.0. The molecule has 0 fully saturated rings. The number of hydrogen-bond acceptors (Lipinski definition) is 5. The second kappa shape index (κ2) is 9.87. The van der Waals surface area contributed by atoms with Crippen molar-refractivity contribution in [2.45, 2.75) is 18.7 Å². The monoisotopic (exact) mass is 438 g/mol. The molecule has 0 bridgehead atoms. The summed E-state index contributed by atoms with van der Waals surface area (Å²) in [6, 6.07) is 12.8. The van der Waals surface area contributed by atoms with Crippen LogP contribution < -0.4 is 4.90 Å². The fourth-order valence-corrected chi connectivity index (χ4v) is 4.59. The molecule has 0 aliphatic heterocycles. The molecule has 0 unspecified atom stereocenters. The average Bonchev–Trinajstić information content (AvgIpc) is 2.72. The van der Waals surface area contributed by atoms with Gasteiger partial charge < -0.3 is 9.64 Å². The minimum Gasteiger partial charge on any atom is -0.452 e. The van der Waals surface area contributed by atoms with Gasteiger partial charge in [-0.15, -0.1) is 0 Å². The number of halogens is 1. The predicted octanol–water partition coefficient (Wildman–Crippen LogP) is 3.19. The van der Waals surface area contributed by atoms with Crippen molar-refractivity contribution in [3.8, 4) is 0 Å². The highest BCUT2D eigenvalue weighted by molar-refractivity contribution is 7.89. The van der Waals surface area contributed by atoms with Gasteiger partial charge in [0.15, 0.2) is 6.61 Å². The molecule has 0 aliphatic carbocycles. The van der Waals surface area contributed by atoms with Crippen molar-refractivity contribution in [3.63, 3.8) is 0 Å². The molecule has 0 saturated heterocycles. The van der Waals surface area contributed by atoms with E-state index in [4.69, 9.17) is 16.3 Å². The number of ether oxygens (including phenoxy) is 1. The van der Waals surface area contributed by atoms with E-state index in [1.807, 2.05) is 6.07 Å². The van der Waals surface area contributed by atoms with Crippen molar-refractivity contribution in [2.24, 2.45) is 0 Å². The van der Waals surface area contributed by atoms with E-state index in [1.54, 1.807) is 45.2 Å². The van der Waals surface area contributed by atoms with Crippen LogP contribution in [0, 0.1) is 0 Å². The van der Waals surface area contributed by atoms with Crippen molar-refractivity contribution >= 4 is 39.2 Å². The molecule has 0 atom stereocenters. The maximum Gasteiger partial charge on any atom is 0.338 e. The van der Waals surface area contributed by atoms with Gasteiger partial charge in [0, 0.05) is 25.8 Å². The number of carbonyl (C=O) groups excluding carboxylic acids is 2. The number of amides is 1. The summed E-state index contributed by atoms with van der Waals surface area (Å²) in [5, 5.41) is 0.00772. The van der Waals surface area contributed by atoms with Crippen molar-refractivity contribution in [2.75, 3.05) is 31.6 Å². The molecule has 1 amide bonds. The van der Waals surface area contributed by atoms with Crippen LogP contribution in [0.15, 0.2) is 53.4 Å². The van der Waals surface area contributed by atoms with Crippen LogP contribution in [0.5, 0.6) is 0 Å². The van der Waals surface area contributed by atoms with Crippen LogP contribution in [0.25, 0.3) is 0 Å². The summed E-state index contributed by atoms with van der Waals surface area (Å²) in [5.41, 5.74) is 0.655. The van der Waals surface area contributed by atoms with Crippen LogP contribution in [-0.2, 0) is 19.6 Å². The van der Waals surface area contributed by atoms with Gasteiger partial charge in [0.1, 0.15) is 4.90 Å². The molecular formula is C20H23ClN2O5S. The topological polar surface area (TPSA) is 84.0 Å². The smallest absolute Gasteiger partial charge is 0.338 e. The van der Waals surface area contributed by atoms with Crippen LogP contribution in [0.4, 0.5) is 5.69 Å². The summed E-state index contributed by atoms with van der Waals surface area (Å²) in [6.45, 7) is 3.48. The number of benzene rings is 2. The van der Waals surface area contributed by atoms with E-state index >= 15 is 0 Å². The standard InChI is InChI=1S/C20H23ClN2O5S/c1-4-23(5-2)29(26,27)18-13-15(11-12-17(18)21)20(25)28-14-19(24)22(3)16-9-7-6-8-10-16/h6-13H,4-5,14H2,1-3H3. The van der Waals surface area contributed by atoms with Gasteiger partial charge in [-0.1, -0.05) is 43.6 Å². The number of likely N-dealkylation sites (N-methyl/N-ethyl adjacent to an activating group) is 1. The molecule has 7 nitrogen and oxygen atoms in total. The molecule has 0 aliphatic rings. The summed E-state index contributed by atoms with van der Waals surface area (Å²) >= 11 is 6.06. The largest absolute Gasteiger partial charge is 0.452 e. The minimum atomic E-state index is -3.85. The Kier molecular flexibility index (Phi) is 7.78. The van der Waals surface area contributed by atoms with Crippen LogP contribution >= 0.6 is 11.6 Å². The van der Waals surface area contributed by atoms with Gasteiger partial charge in [0.2, 0.25) is 10.0 Å². The van der Waals surface area contributed by atoms with E-state index in [1.165, 1.54) is 27.4 Å². The molecule has 2 rings (SSSR count). The lowest BCUT2D eigenvalue weighted by molar-refractivity contribution is -0.121. The molecule has 2 aromatic rings. The minimum absolute atomic E-state index is 0.00436. The molecule has 156 valence electrons. The Balaban J connectivity index is 2.15. The van der Waals surface area contributed by atoms with Gasteiger partial charge in [0.05, 0.1) is 10.6 Å². The number of sulfonamides is 1. The molecule has 9 heteroatoms. The van der Waals surface area contributed by atoms with Gasteiger partial charge in [-0.25, -0.2) is 13.2 Å². The Morgan fingerprint density at radius 3 is 2.24 bits per heavy atom. The van der Waals surface area contributed by atoms with E-state index < -0.39 is 28.5 Å². The first-order valence-electron chi connectivity index (χ1n) is 9.00. The highest BCUT2D eigenvalue weighted by Gasteiger charge is 2.26. The second-order valence-electron chi connectivity index (χ2n) is 6.10. The normalized spacial score (nSPS) is 11.3. The fraction of sp³-hybridized carbons (Fsp3) is 0.300. The van der Waals surface area contributed by atoms with Gasteiger partial charge in [0.25, 0.3) is 5.91 Å². The second-order valence-corrected chi connectivity index (χ2v) is 8.41. The van der Waals surface area contributed by atoms with Gasteiger partial charge in [-0.05, 0) is 30.3 Å². The summed E-state index contributed by atoms with van der Waals surface area (Å²) in [5.74, 6) is -1.23. The molecule has 0 aromatic heterocycles. The Morgan fingerprint density at radius 1 is 1.03 bits per heavy atom. The maximum atomic E-state index is 12.7. The number of anilines is 1. The van der Waals surface area contributed by atoms with Crippen LogP contribution in [0.3, 0.4) is 0 Å². The maximum absolute atomic E-state index is 12.7. The molecule has 2 aromatic carbocycles. The summed E-state index contributed by atoms with van der Waals surface area (Å²) < 4.78 is 31.8. The van der Waals surface area contributed by atoms with Crippen LogP contribution in [0.1, 0.15) is 24.2 Å². The third kappa shape index (κ3) is 5.35. The van der Waals surface area contributed by atoms with E-state index in [0.29, 0.717) is 5.69 Å². The summed E-state index contributed by atoms with van der Waals surface area (Å²) in [6.07, 6.45) is 0. The molecule has 29 heavy (non-hydrogen) atoms. The average molecular weight is 439 g/mol. The Hall–Kier alpha value is -2.42. The first kappa shape index (κ1) is 22.9. The molecule has 0 heterocycles. The zero-order valence-electron chi connectivity index (χ0n) is 16.5. The highest BCUT2D eigenvalue weighted by atomic mass is 35.5. The third-order valence-electron chi connectivity index (χ3n) is 4.33. The quantitative estimate of drug-likeness (QED) is 0.591. The van der Waals surface area contributed by atoms with Crippen molar-refractivity contribution in [1.29, 1.82) is 0 Å². The van der Waals surface area contributed by atoms with Crippen LogP contribution in [-0.4, -0.2) is 51.3 Å². The SMILES string of the molecule is CCN(CC)S(=O)(=O)c1cc(C(=O)OCC(=O)N(C)c2ccccc2)ccc1Cl. The first-order valence-corrected chi connectivity index (χ1v) is 10.8. The lowest BCUT2D eigenvalue weighted by Gasteiger charge is -2.19. The van der Waals surface area contributed by atoms with Crippen molar-refractivity contribution in [3.05, 3.63) is 59.1 Å². The van der Waals surface area contributed by atoms with Crippen molar-refractivity contribution in [1.82, 2.24) is 4.31 Å². The molecule has 0 N–H and O–H groups in total. The number of para-hydroxylation sites is 1. The summed E-state index contributed by atoms with van der Waals surface area (Å²) in [4.78, 5) is 25.8. The van der Waals surface area contributed by atoms with E-state index in [9.17, 15) is 18.0 Å². The zero-order chi connectivity index (χ0) is 21.6. The summed E-state index contributed by atoms with van der Waals surface area (Å²) in [7, 11) is -2.28. The highest BCUT2D eigenvalue weighted by Crippen LogP contribution is 2.26. The Labute approximate surface area is 175 Å². The van der Waals surface area contributed by atoms with Gasteiger partial charge in [-0.2, -0.15) is 4.31 Å². The van der Waals surface area contributed by atoms with Crippen molar-refractivity contribution < 1.29 is 22.7 Å². The van der Waals surface area contributed by atoms with E-state index in [0.717, 1.165) is 0 Å². The third-order valence-corrected chi connectivity index (χ3v) is 6.87. The fourth-order valence-electron chi connectivity index (χ4n) is 2.63. The first-order chi connectivity index (χ1) is 13.7. The van der Waals surface area contributed by atoms with E-state index in [2.05, 4.69) is 0 Å². The number of carbonyl (C=O) groups is 2. The molecule has 0 spiro atoms. The predicted molar refractivity (Wildman–Crippen MR) is 112 cm³/mol. The molecule has 0 radical (unpaired) electrons. The molecule has 0 saturated carbocycles. The lowest BCUT2D eigenvalue weighted by Crippen LogP contribution is -2.31. The number of nitrogens with zero attached hydrogens (tertiary/aromatic N) is 2.